The van der Waals surface area contributed by atoms with Crippen molar-refractivity contribution < 1.29 is 18.0 Å². The van der Waals surface area contributed by atoms with Crippen molar-refractivity contribution in [3.63, 3.8) is 0 Å². The molecule has 0 aliphatic rings. The van der Waals surface area contributed by atoms with E-state index in [0.29, 0.717) is 16.3 Å². The van der Waals surface area contributed by atoms with Crippen LogP contribution in [0.3, 0.4) is 0 Å². The van der Waals surface area contributed by atoms with Gasteiger partial charge in [-0.15, -0.1) is 0 Å². The van der Waals surface area contributed by atoms with Gasteiger partial charge < -0.3 is 5.32 Å². The summed E-state index contributed by atoms with van der Waals surface area (Å²) >= 11 is 10.9. The third kappa shape index (κ3) is 5.51. The van der Waals surface area contributed by atoms with E-state index in [9.17, 15) is 18.0 Å². The third-order valence-corrected chi connectivity index (χ3v) is 4.90. The second-order valence-electron chi connectivity index (χ2n) is 5.10. The Bertz CT molecular complexity index is 960. The molecule has 0 saturated heterocycles. The molecule has 0 atom stereocenters. The van der Waals surface area contributed by atoms with Crippen molar-refractivity contribution in [3.05, 3.63) is 59.1 Å². The van der Waals surface area contributed by atoms with Crippen LogP contribution in [-0.2, 0) is 14.8 Å². The molecule has 26 heavy (non-hydrogen) atoms. The molecular formula is C16H14ClN3O4S2. The van der Waals surface area contributed by atoms with E-state index in [1.54, 1.807) is 18.2 Å². The first-order valence-corrected chi connectivity index (χ1v) is 9.46. The van der Waals surface area contributed by atoms with Crippen LogP contribution in [0.5, 0.6) is 0 Å². The number of carbonyl (C=O) groups is 2. The summed E-state index contributed by atoms with van der Waals surface area (Å²) in [5.41, 5.74) is 0.807. The molecule has 0 unspecified atom stereocenters. The van der Waals surface area contributed by atoms with Gasteiger partial charge in [0.15, 0.2) is 5.11 Å². The standard InChI is InChI=1S/C16H14ClN3O4S2/c1-10(21)20-26(23,24)14-7-5-13(6-8-14)18-16(25)19-15(22)11-3-2-4-12(17)9-11/h2-9H,1H3,(H,20,21)(H2,18,19,22,25). The summed E-state index contributed by atoms with van der Waals surface area (Å²) < 4.78 is 25.6. The van der Waals surface area contributed by atoms with Crippen molar-refractivity contribution in [1.82, 2.24) is 10.0 Å². The van der Waals surface area contributed by atoms with E-state index in [1.807, 2.05) is 4.72 Å². The van der Waals surface area contributed by atoms with Crippen LogP contribution < -0.4 is 15.4 Å². The summed E-state index contributed by atoms with van der Waals surface area (Å²) in [5, 5.41) is 5.71. The lowest BCUT2D eigenvalue weighted by Gasteiger charge is -2.10. The maximum Gasteiger partial charge on any atom is 0.264 e. The highest BCUT2D eigenvalue weighted by Crippen LogP contribution is 2.14. The number of rotatable bonds is 4. The van der Waals surface area contributed by atoms with E-state index in [0.717, 1.165) is 6.92 Å². The van der Waals surface area contributed by atoms with Crippen LogP contribution in [0.2, 0.25) is 5.02 Å². The Morgan fingerprint density at radius 1 is 1.08 bits per heavy atom. The first kappa shape index (κ1) is 19.8. The highest BCUT2D eigenvalue weighted by atomic mass is 35.5. The van der Waals surface area contributed by atoms with Gasteiger partial charge in [-0.2, -0.15) is 0 Å². The zero-order valence-electron chi connectivity index (χ0n) is 13.4. The van der Waals surface area contributed by atoms with Gasteiger partial charge in [-0.05, 0) is 54.7 Å². The van der Waals surface area contributed by atoms with Crippen LogP contribution in [0.4, 0.5) is 5.69 Å². The summed E-state index contributed by atoms with van der Waals surface area (Å²) in [7, 11) is -3.91. The molecule has 0 aromatic heterocycles. The quantitative estimate of drug-likeness (QED) is 0.667. The third-order valence-electron chi connectivity index (χ3n) is 3.01. The second kappa shape index (κ2) is 8.26. The minimum Gasteiger partial charge on any atom is -0.332 e. The molecule has 2 rings (SSSR count). The number of anilines is 1. The topological polar surface area (TPSA) is 104 Å². The van der Waals surface area contributed by atoms with E-state index in [1.165, 1.54) is 30.3 Å². The van der Waals surface area contributed by atoms with Gasteiger partial charge in [0.1, 0.15) is 0 Å². The molecule has 3 N–H and O–H groups in total. The minimum absolute atomic E-state index is 0.0347. The maximum absolute atomic E-state index is 12.1. The Kier molecular flexibility index (Phi) is 6.30. The fourth-order valence-electron chi connectivity index (χ4n) is 1.93. The van der Waals surface area contributed by atoms with E-state index in [2.05, 4.69) is 10.6 Å². The normalized spacial score (nSPS) is 10.7. The maximum atomic E-state index is 12.1. The Labute approximate surface area is 160 Å². The monoisotopic (exact) mass is 411 g/mol. The van der Waals surface area contributed by atoms with Gasteiger partial charge in [-0.1, -0.05) is 17.7 Å². The average Bonchev–Trinajstić information content (AvgIpc) is 2.54. The van der Waals surface area contributed by atoms with Crippen LogP contribution in [0.1, 0.15) is 17.3 Å². The Morgan fingerprint density at radius 3 is 2.31 bits per heavy atom. The molecule has 0 saturated carbocycles. The molecule has 0 fully saturated rings. The first-order chi connectivity index (χ1) is 12.2. The van der Waals surface area contributed by atoms with Crippen molar-refractivity contribution in [1.29, 1.82) is 0 Å². The van der Waals surface area contributed by atoms with Crippen LogP contribution in [0, 0.1) is 0 Å². The predicted molar refractivity (Wildman–Crippen MR) is 103 cm³/mol. The fourth-order valence-corrected chi connectivity index (χ4v) is 3.32. The van der Waals surface area contributed by atoms with Crippen LogP contribution in [0.25, 0.3) is 0 Å². The smallest absolute Gasteiger partial charge is 0.264 e. The fraction of sp³-hybridized carbons (Fsp3) is 0.0625. The van der Waals surface area contributed by atoms with Gasteiger partial charge >= 0.3 is 0 Å². The number of carbonyl (C=O) groups excluding carboxylic acids is 2. The zero-order valence-corrected chi connectivity index (χ0v) is 15.8. The molecule has 2 amide bonds. The lowest BCUT2D eigenvalue weighted by molar-refractivity contribution is -0.117. The van der Waals surface area contributed by atoms with Gasteiger partial charge in [0.2, 0.25) is 5.91 Å². The molecular weight excluding hydrogens is 398 g/mol. The van der Waals surface area contributed by atoms with Crippen LogP contribution in [0.15, 0.2) is 53.4 Å². The zero-order chi connectivity index (χ0) is 19.3. The Morgan fingerprint density at radius 2 is 1.73 bits per heavy atom. The van der Waals surface area contributed by atoms with E-state index in [-0.39, 0.29) is 10.0 Å². The summed E-state index contributed by atoms with van der Waals surface area (Å²) in [4.78, 5) is 22.9. The lowest BCUT2D eigenvalue weighted by Crippen LogP contribution is -2.34. The number of nitrogens with one attached hydrogen (secondary N) is 3. The minimum atomic E-state index is -3.91. The highest BCUT2D eigenvalue weighted by molar-refractivity contribution is 7.90. The summed E-state index contributed by atoms with van der Waals surface area (Å²) in [6.07, 6.45) is 0. The van der Waals surface area contributed by atoms with Gasteiger partial charge in [0, 0.05) is 23.2 Å². The largest absolute Gasteiger partial charge is 0.332 e. The molecule has 0 radical (unpaired) electrons. The van der Waals surface area contributed by atoms with Gasteiger partial charge in [0.05, 0.1) is 4.90 Å². The Balaban J connectivity index is 2.01. The molecule has 7 nitrogen and oxygen atoms in total. The van der Waals surface area contributed by atoms with E-state index >= 15 is 0 Å². The van der Waals surface area contributed by atoms with Crippen molar-refractivity contribution in [2.75, 3.05) is 5.32 Å². The van der Waals surface area contributed by atoms with Crippen molar-refractivity contribution in [2.24, 2.45) is 0 Å². The summed E-state index contributed by atoms with van der Waals surface area (Å²) in [6, 6.07) is 11.9. The molecule has 0 heterocycles. The number of hydrogen-bond donors (Lipinski definition) is 3. The van der Waals surface area contributed by atoms with Gasteiger partial charge in [-0.25, -0.2) is 13.1 Å². The molecule has 2 aromatic carbocycles. The molecule has 0 spiro atoms. The number of thiocarbonyl (C=S) groups is 1. The lowest BCUT2D eigenvalue weighted by atomic mass is 10.2. The second-order valence-corrected chi connectivity index (χ2v) is 7.63. The molecule has 0 aliphatic heterocycles. The summed E-state index contributed by atoms with van der Waals surface area (Å²) in [5.74, 6) is -1.12. The molecule has 0 aliphatic carbocycles. The number of halogens is 1. The van der Waals surface area contributed by atoms with Gasteiger partial charge in [-0.3, -0.25) is 14.9 Å². The molecule has 10 heteroatoms. The number of amides is 2. The van der Waals surface area contributed by atoms with Crippen molar-refractivity contribution >= 4 is 56.5 Å². The Hall–Kier alpha value is -2.49. The van der Waals surface area contributed by atoms with Crippen LogP contribution in [-0.4, -0.2) is 25.3 Å². The van der Waals surface area contributed by atoms with E-state index in [4.69, 9.17) is 23.8 Å². The molecule has 0 bridgehead atoms. The van der Waals surface area contributed by atoms with Crippen molar-refractivity contribution in [2.45, 2.75) is 11.8 Å². The molecule has 136 valence electrons. The van der Waals surface area contributed by atoms with Crippen molar-refractivity contribution in [3.8, 4) is 0 Å². The summed E-state index contributed by atoms with van der Waals surface area (Å²) in [6.45, 7) is 1.11. The van der Waals surface area contributed by atoms with Crippen LogP contribution >= 0.6 is 23.8 Å². The van der Waals surface area contributed by atoms with Gasteiger partial charge in [0.25, 0.3) is 15.9 Å². The average molecular weight is 412 g/mol. The predicted octanol–water partition coefficient (Wildman–Crippen LogP) is 2.29. The number of sulfonamides is 1. The highest BCUT2D eigenvalue weighted by Gasteiger charge is 2.15. The SMILES string of the molecule is CC(=O)NS(=O)(=O)c1ccc(NC(=S)NC(=O)c2cccc(Cl)c2)cc1. The number of hydrogen-bond acceptors (Lipinski definition) is 5. The number of benzene rings is 2. The van der Waals surface area contributed by atoms with E-state index < -0.39 is 21.8 Å². The molecule has 2 aromatic rings. The first-order valence-electron chi connectivity index (χ1n) is 7.19.